The average molecular weight is 288 g/mol. The highest BCUT2D eigenvalue weighted by molar-refractivity contribution is 5.27. The third-order valence-corrected chi connectivity index (χ3v) is 3.71. The lowest BCUT2D eigenvalue weighted by molar-refractivity contribution is 0.216. The van der Waals surface area contributed by atoms with Gasteiger partial charge in [-0.25, -0.2) is 0 Å². The first kappa shape index (κ1) is 16.1. The first-order valence-corrected chi connectivity index (χ1v) is 7.99. The van der Waals surface area contributed by atoms with E-state index in [0.717, 1.165) is 38.0 Å². The van der Waals surface area contributed by atoms with Crippen LogP contribution >= 0.6 is 0 Å². The van der Waals surface area contributed by atoms with E-state index in [1.807, 2.05) is 6.08 Å². The molecule has 0 bridgehead atoms. The Kier molecular flexibility index (Phi) is 6.27. The Morgan fingerprint density at radius 2 is 2.05 bits per heavy atom. The van der Waals surface area contributed by atoms with Gasteiger partial charge in [-0.15, -0.1) is 6.58 Å². The van der Waals surface area contributed by atoms with Crippen molar-refractivity contribution in [3.63, 3.8) is 0 Å². The summed E-state index contributed by atoms with van der Waals surface area (Å²) in [7, 11) is 0. The van der Waals surface area contributed by atoms with E-state index in [4.69, 9.17) is 4.74 Å². The summed E-state index contributed by atoms with van der Waals surface area (Å²) in [5.41, 5.74) is 1.29. The molecule has 0 radical (unpaired) electrons. The zero-order valence-corrected chi connectivity index (χ0v) is 13.3. The average Bonchev–Trinajstić information content (AvgIpc) is 3.30. The predicted octanol–water partition coefficient (Wildman–Crippen LogP) is 3.21. The van der Waals surface area contributed by atoms with Crippen molar-refractivity contribution in [2.24, 2.45) is 0 Å². The summed E-state index contributed by atoms with van der Waals surface area (Å²) in [6.07, 6.45) is 4.63. The van der Waals surface area contributed by atoms with Gasteiger partial charge in [-0.2, -0.15) is 0 Å². The van der Waals surface area contributed by atoms with Crippen molar-refractivity contribution >= 4 is 0 Å². The van der Waals surface area contributed by atoms with Crippen LogP contribution in [0.5, 0.6) is 5.75 Å². The van der Waals surface area contributed by atoms with E-state index < -0.39 is 0 Å². The maximum Gasteiger partial charge on any atom is 0.119 e. The first-order chi connectivity index (χ1) is 10.2. The molecule has 0 aliphatic heterocycles. The van der Waals surface area contributed by atoms with E-state index in [0.29, 0.717) is 6.04 Å². The molecule has 0 aromatic heterocycles. The second-order valence-electron chi connectivity index (χ2n) is 6.04. The minimum atomic E-state index is 0.513. The standard InChI is InChI=1S/C18H28N2O/c1-4-11-20(17-7-8-17)12-13-21-18-9-5-16(6-10-18)14-19-15(2)3/h4-6,9-10,15,17,19H,1,7-8,11-14H2,2-3H3. The SMILES string of the molecule is C=CCN(CCOc1ccc(CNC(C)C)cc1)C1CC1. The number of hydrogen-bond acceptors (Lipinski definition) is 3. The minimum Gasteiger partial charge on any atom is -0.492 e. The minimum absolute atomic E-state index is 0.513. The van der Waals surface area contributed by atoms with Gasteiger partial charge in [0.2, 0.25) is 0 Å². The Balaban J connectivity index is 1.71. The molecular weight excluding hydrogens is 260 g/mol. The van der Waals surface area contributed by atoms with Crippen molar-refractivity contribution in [3.05, 3.63) is 42.5 Å². The molecule has 1 saturated carbocycles. The molecule has 1 N–H and O–H groups in total. The van der Waals surface area contributed by atoms with Crippen LogP contribution < -0.4 is 10.1 Å². The Morgan fingerprint density at radius 1 is 1.33 bits per heavy atom. The van der Waals surface area contributed by atoms with E-state index in [9.17, 15) is 0 Å². The van der Waals surface area contributed by atoms with Gasteiger partial charge < -0.3 is 10.1 Å². The molecular formula is C18H28N2O. The normalized spacial score (nSPS) is 14.7. The molecule has 0 unspecified atom stereocenters. The summed E-state index contributed by atoms with van der Waals surface area (Å²) in [4.78, 5) is 2.45. The van der Waals surface area contributed by atoms with Crippen LogP contribution in [0.4, 0.5) is 0 Å². The molecule has 116 valence electrons. The summed E-state index contributed by atoms with van der Waals surface area (Å²) < 4.78 is 5.84. The first-order valence-electron chi connectivity index (χ1n) is 7.99. The molecule has 1 aromatic carbocycles. The molecule has 1 aromatic rings. The van der Waals surface area contributed by atoms with Gasteiger partial charge in [-0.1, -0.05) is 32.1 Å². The molecule has 1 aliphatic carbocycles. The van der Waals surface area contributed by atoms with Gasteiger partial charge in [0.15, 0.2) is 0 Å². The van der Waals surface area contributed by atoms with Gasteiger partial charge in [-0.05, 0) is 30.5 Å². The number of rotatable bonds is 10. The van der Waals surface area contributed by atoms with Gasteiger partial charge >= 0.3 is 0 Å². The maximum absolute atomic E-state index is 5.84. The van der Waals surface area contributed by atoms with Crippen LogP contribution in [0.25, 0.3) is 0 Å². The van der Waals surface area contributed by atoms with Crippen molar-refractivity contribution in [1.29, 1.82) is 0 Å². The second kappa shape index (κ2) is 8.20. The quantitative estimate of drug-likeness (QED) is 0.669. The number of hydrogen-bond donors (Lipinski definition) is 1. The topological polar surface area (TPSA) is 24.5 Å². The Bertz CT molecular complexity index is 423. The lowest BCUT2D eigenvalue weighted by atomic mass is 10.2. The molecule has 3 heteroatoms. The van der Waals surface area contributed by atoms with Crippen LogP contribution in [0.15, 0.2) is 36.9 Å². The van der Waals surface area contributed by atoms with Gasteiger partial charge in [0.05, 0.1) is 0 Å². The summed E-state index contributed by atoms with van der Waals surface area (Å²) in [6.45, 7) is 11.7. The largest absolute Gasteiger partial charge is 0.492 e. The summed E-state index contributed by atoms with van der Waals surface area (Å²) in [5, 5.41) is 3.42. The molecule has 2 rings (SSSR count). The van der Waals surface area contributed by atoms with Crippen LogP contribution in [-0.2, 0) is 6.54 Å². The van der Waals surface area contributed by atoms with E-state index in [1.54, 1.807) is 0 Å². The number of benzene rings is 1. The zero-order chi connectivity index (χ0) is 15.1. The molecule has 21 heavy (non-hydrogen) atoms. The Labute approximate surface area is 129 Å². The van der Waals surface area contributed by atoms with Crippen molar-refractivity contribution in [2.45, 2.75) is 45.3 Å². The van der Waals surface area contributed by atoms with Crippen molar-refractivity contribution in [2.75, 3.05) is 19.7 Å². The molecule has 0 amide bonds. The van der Waals surface area contributed by atoms with Crippen molar-refractivity contribution < 1.29 is 4.74 Å². The number of nitrogens with zero attached hydrogens (tertiary/aromatic N) is 1. The fourth-order valence-electron chi connectivity index (χ4n) is 2.33. The third kappa shape index (κ3) is 5.90. The second-order valence-corrected chi connectivity index (χ2v) is 6.04. The lowest BCUT2D eigenvalue weighted by Crippen LogP contribution is -2.30. The molecule has 1 aliphatic rings. The molecule has 3 nitrogen and oxygen atoms in total. The predicted molar refractivity (Wildman–Crippen MR) is 88.7 cm³/mol. The number of nitrogens with one attached hydrogen (secondary N) is 1. The summed E-state index contributed by atoms with van der Waals surface area (Å²) >= 11 is 0. The zero-order valence-electron chi connectivity index (χ0n) is 13.3. The van der Waals surface area contributed by atoms with Crippen LogP contribution in [0.2, 0.25) is 0 Å². The van der Waals surface area contributed by atoms with Crippen LogP contribution in [-0.4, -0.2) is 36.7 Å². The lowest BCUT2D eigenvalue weighted by Gasteiger charge is -2.20. The van der Waals surface area contributed by atoms with Crippen LogP contribution in [0.3, 0.4) is 0 Å². The monoisotopic (exact) mass is 288 g/mol. The number of ether oxygens (including phenoxy) is 1. The molecule has 0 heterocycles. The van der Waals surface area contributed by atoms with Crippen molar-refractivity contribution in [1.82, 2.24) is 10.2 Å². The van der Waals surface area contributed by atoms with Gasteiger partial charge in [0, 0.05) is 31.7 Å². The third-order valence-electron chi connectivity index (χ3n) is 3.71. The molecule has 0 atom stereocenters. The molecule has 1 fully saturated rings. The fourth-order valence-corrected chi connectivity index (χ4v) is 2.33. The van der Waals surface area contributed by atoms with Gasteiger partial charge in [-0.3, -0.25) is 4.90 Å². The van der Waals surface area contributed by atoms with Crippen molar-refractivity contribution in [3.8, 4) is 5.75 Å². The van der Waals surface area contributed by atoms with Gasteiger partial charge in [0.1, 0.15) is 12.4 Å². The van der Waals surface area contributed by atoms with Crippen LogP contribution in [0, 0.1) is 0 Å². The highest BCUT2D eigenvalue weighted by Crippen LogP contribution is 2.26. The van der Waals surface area contributed by atoms with E-state index in [2.05, 4.69) is 54.9 Å². The smallest absolute Gasteiger partial charge is 0.119 e. The van der Waals surface area contributed by atoms with Crippen LogP contribution in [0.1, 0.15) is 32.3 Å². The Hall–Kier alpha value is -1.32. The van der Waals surface area contributed by atoms with E-state index in [1.165, 1.54) is 18.4 Å². The summed E-state index contributed by atoms with van der Waals surface area (Å²) in [5.74, 6) is 0.956. The molecule has 0 saturated heterocycles. The molecule has 0 spiro atoms. The summed E-state index contributed by atoms with van der Waals surface area (Å²) in [6, 6.07) is 9.66. The maximum atomic E-state index is 5.84. The van der Waals surface area contributed by atoms with E-state index >= 15 is 0 Å². The highest BCUT2D eigenvalue weighted by Gasteiger charge is 2.27. The highest BCUT2D eigenvalue weighted by atomic mass is 16.5. The van der Waals surface area contributed by atoms with E-state index in [-0.39, 0.29) is 0 Å². The fraction of sp³-hybridized carbons (Fsp3) is 0.556. The van der Waals surface area contributed by atoms with Gasteiger partial charge in [0.25, 0.3) is 0 Å². The Morgan fingerprint density at radius 3 is 2.62 bits per heavy atom.